The molecule has 1 aromatic carbocycles. The van der Waals surface area contributed by atoms with E-state index in [0.717, 1.165) is 6.26 Å². The topological polar surface area (TPSA) is 98.9 Å². The summed E-state index contributed by atoms with van der Waals surface area (Å²) in [5.74, 6) is 0.253. The Morgan fingerprint density at radius 2 is 1.83 bits per heavy atom. The van der Waals surface area contributed by atoms with Crippen molar-refractivity contribution in [2.45, 2.75) is 11.0 Å². The summed E-state index contributed by atoms with van der Waals surface area (Å²) in [5.41, 5.74) is 5.77. The fourth-order valence-corrected chi connectivity index (χ4v) is 2.47. The first-order chi connectivity index (χ1) is 8.36. The largest absolute Gasteiger partial charge is 0.492 e. The van der Waals surface area contributed by atoms with E-state index in [9.17, 15) is 13.5 Å². The van der Waals surface area contributed by atoms with Crippen molar-refractivity contribution in [1.29, 1.82) is 0 Å². The molecule has 3 N–H and O–H groups in total. The summed E-state index contributed by atoms with van der Waals surface area (Å²) in [6.45, 7) is -0.00225. The van der Waals surface area contributed by atoms with Crippen LogP contribution in [0.4, 0.5) is 0 Å². The third-order valence-corrected chi connectivity index (χ3v) is 3.62. The molecule has 102 valence electrons. The van der Waals surface area contributed by atoms with Crippen molar-refractivity contribution >= 4 is 9.84 Å². The lowest BCUT2D eigenvalue weighted by atomic mass is 10.1. The van der Waals surface area contributed by atoms with Gasteiger partial charge >= 0.3 is 0 Å². The molecule has 18 heavy (non-hydrogen) atoms. The van der Waals surface area contributed by atoms with E-state index >= 15 is 0 Å². The van der Waals surface area contributed by atoms with Gasteiger partial charge in [-0.3, -0.25) is 0 Å². The first-order valence-corrected chi connectivity index (χ1v) is 7.09. The fraction of sp³-hybridized carbons (Fsp3) is 0.455. The number of hydrogen-bond donors (Lipinski definition) is 2. The first-order valence-electron chi connectivity index (χ1n) is 5.19. The molecule has 0 amide bonds. The molecule has 0 spiro atoms. The van der Waals surface area contributed by atoms with Crippen LogP contribution in [0.25, 0.3) is 0 Å². The van der Waals surface area contributed by atoms with Gasteiger partial charge in [0.25, 0.3) is 0 Å². The Morgan fingerprint density at radius 1 is 1.28 bits per heavy atom. The average molecular weight is 275 g/mol. The number of sulfone groups is 1. The molecule has 0 aliphatic rings. The fourth-order valence-electron chi connectivity index (χ4n) is 1.65. The Balaban J connectivity index is 3.56. The van der Waals surface area contributed by atoms with E-state index in [1.165, 1.54) is 26.4 Å². The van der Waals surface area contributed by atoms with Crippen molar-refractivity contribution in [3.63, 3.8) is 0 Å². The SMILES string of the molecule is COc1c(C(O)CN)ccc(S(C)(=O)=O)c1OC. The highest BCUT2D eigenvalue weighted by Gasteiger charge is 2.23. The smallest absolute Gasteiger partial charge is 0.179 e. The minimum absolute atomic E-state index is 0.00225. The van der Waals surface area contributed by atoms with Crippen molar-refractivity contribution in [2.75, 3.05) is 27.0 Å². The number of aliphatic hydroxyl groups is 1. The van der Waals surface area contributed by atoms with Crippen LogP contribution in [0, 0.1) is 0 Å². The number of methoxy groups -OCH3 is 2. The van der Waals surface area contributed by atoms with E-state index in [-0.39, 0.29) is 22.9 Å². The minimum Gasteiger partial charge on any atom is -0.492 e. The van der Waals surface area contributed by atoms with Crippen LogP contribution >= 0.6 is 0 Å². The second-order valence-electron chi connectivity index (χ2n) is 3.74. The van der Waals surface area contributed by atoms with Crippen molar-refractivity contribution < 1.29 is 23.0 Å². The number of hydrogen-bond acceptors (Lipinski definition) is 6. The predicted octanol–water partition coefficient (Wildman–Crippen LogP) is 0.0994. The summed E-state index contributed by atoms with van der Waals surface area (Å²) in [7, 11) is -0.735. The van der Waals surface area contributed by atoms with Gasteiger partial charge in [-0.15, -0.1) is 0 Å². The molecule has 1 atom stereocenters. The molecule has 6 nitrogen and oxygen atoms in total. The van der Waals surface area contributed by atoms with E-state index in [4.69, 9.17) is 15.2 Å². The van der Waals surface area contributed by atoms with Crippen LogP contribution in [-0.2, 0) is 9.84 Å². The highest BCUT2D eigenvalue weighted by atomic mass is 32.2. The number of ether oxygens (including phenoxy) is 2. The van der Waals surface area contributed by atoms with Gasteiger partial charge in [0.05, 0.1) is 20.3 Å². The maximum absolute atomic E-state index is 11.6. The normalized spacial score (nSPS) is 13.2. The molecule has 0 fully saturated rings. The lowest BCUT2D eigenvalue weighted by Crippen LogP contribution is -2.14. The number of aliphatic hydroxyl groups excluding tert-OH is 1. The van der Waals surface area contributed by atoms with Gasteiger partial charge in [-0.25, -0.2) is 8.42 Å². The molecule has 0 bridgehead atoms. The monoisotopic (exact) mass is 275 g/mol. The zero-order valence-corrected chi connectivity index (χ0v) is 11.3. The minimum atomic E-state index is -3.45. The molecule has 0 aliphatic carbocycles. The maximum Gasteiger partial charge on any atom is 0.179 e. The quantitative estimate of drug-likeness (QED) is 0.790. The van der Waals surface area contributed by atoms with Gasteiger partial charge in [0.1, 0.15) is 4.90 Å². The second kappa shape index (κ2) is 5.55. The van der Waals surface area contributed by atoms with Crippen LogP contribution in [0.15, 0.2) is 17.0 Å². The molecule has 0 saturated heterocycles. The van der Waals surface area contributed by atoms with Gasteiger partial charge in [0.15, 0.2) is 21.3 Å². The van der Waals surface area contributed by atoms with Gasteiger partial charge in [0.2, 0.25) is 0 Å². The van der Waals surface area contributed by atoms with Crippen molar-refractivity contribution in [1.82, 2.24) is 0 Å². The summed E-state index contributed by atoms with van der Waals surface area (Å²) in [6.07, 6.45) is 0.131. The summed E-state index contributed by atoms with van der Waals surface area (Å²) < 4.78 is 33.4. The number of nitrogens with two attached hydrogens (primary N) is 1. The van der Waals surface area contributed by atoms with Gasteiger partial charge in [-0.2, -0.15) is 0 Å². The first kappa shape index (κ1) is 14.7. The molecule has 0 aliphatic heterocycles. The van der Waals surface area contributed by atoms with E-state index in [1.54, 1.807) is 0 Å². The van der Waals surface area contributed by atoms with Gasteiger partial charge in [-0.05, 0) is 6.07 Å². The van der Waals surface area contributed by atoms with Crippen molar-refractivity contribution in [3.05, 3.63) is 17.7 Å². The third kappa shape index (κ3) is 2.74. The van der Waals surface area contributed by atoms with Crippen LogP contribution in [0.3, 0.4) is 0 Å². The summed E-state index contributed by atoms with van der Waals surface area (Å²) >= 11 is 0. The number of rotatable bonds is 5. The zero-order valence-electron chi connectivity index (χ0n) is 10.5. The van der Waals surface area contributed by atoms with Crippen molar-refractivity contribution in [3.8, 4) is 11.5 Å². The van der Waals surface area contributed by atoms with Crippen LogP contribution < -0.4 is 15.2 Å². The molecule has 1 aromatic rings. The molecule has 7 heteroatoms. The Kier molecular flexibility index (Phi) is 4.55. The highest BCUT2D eigenvalue weighted by molar-refractivity contribution is 7.90. The van der Waals surface area contributed by atoms with Crippen LogP contribution in [0.2, 0.25) is 0 Å². The zero-order chi connectivity index (χ0) is 13.9. The summed E-state index contributed by atoms with van der Waals surface area (Å²) in [6, 6.07) is 2.83. The molecule has 0 heterocycles. The maximum atomic E-state index is 11.6. The van der Waals surface area contributed by atoms with Crippen LogP contribution in [-0.4, -0.2) is 40.5 Å². The van der Waals surface area contributed by atoms with Gasteiger partial charge in [0, 0.05) is 18.4 Å². The van der Waals surface area contributed by atoms with E-state index < -0.39 is 15.9 Å². The average Bonchev–Trinajstić information content (AvgIpc) is 2.34. The Bertz CT molecular complexity index is 526. The Hall–Kier alpha value is -1.31. The number of benzene rings is 1. The summed E-state index contributed by atoms with van der Waals surface area (Å²) in [4.78, 5) is 0.00909. The lowest BCUT2D eigenvalue weighted by molar-refractivity contribution is 0.180. The van der Waals surface area contributed by atoms with E-state index in [0.29, 0.717) is 5.56 Å². The Morgan fingerprint density at radius 3 is 2.22 bits per heavy atom. The second-order valence-corrected chi connectivity index (χ2v) is 5.73. The lowest BCUT2D eigenvalue weighted by Gasteiger charge is -2.18. The van der Waals surface area contributed by atoms with Crippen molar-refractivity contribution in [2.24, 2.45) is 5.73 Å². The van der Waals surface area contributed by atoms with Crippen LogP contribution in [0.1, 0.15) is 11.7 Å². The molecule has 1 unspecified atom stereocenters. The standard InChI is InChI=1S/C11H17NO5S/c1-16-10-7(8(13)6-12)4-5-9(11(10)17-2)18(3,14)15/h4-5,8,13H,6,12H2,1-3H3. The van der Waals surface area contributed by atoms with Gasteiger partial charge in [-0.1, -0.05) is 6.07 Å². The predicted molar refractivity (Wildman–Crippen MR) is 66.7 cm³/mol. The summed E-state index contributed by atoms with van der Waals surface area (Å²) in [5, 5.41) is 9.74. The molecule has 0 radical (unpaired) electrons. The van der Waals surface area contributed by atoms with Crippen LogP contribution in [0.5, 0.6) is 11.5 Å². The molecule has 0 saturated carbocycles. The molecular formula is C11H17NO5S. The van der Waals surface area contributed by atoms with Gasteiger partial charge < -0.3 is 20.3 Å². The molecule has 0 aromatic heterocycles. The van der Waals surface area contributed by atoms with E-state index in [1.807, 2.05) is 0 Å². The molecule has 1 rings (SSSR count). The Labute approximate surface area is 106 Å². The third-order valence-electron chi connectivity index (χ3n) is 2.50. The van der Waals surface area contributed by atoms with E-state index in [2.05, 4.69) is 0 Å². The highest BCUT2D eigenvalue weighted by Crippen LogP contribution is 2.39. The molecular weight excluding hydrogens is 258 g/mol.